The number of nitrogens with two attached hydrogens (primary N) is 1. The van der Waals surface area contributed by atoms with Gasteiger partial charge < -0.3 is 10.6 Å². The molecule has 0 spiro atoms. The van der Waals surface area contributed by atoms with Crippen LogP contribution in [0.4, 0.5) is 11.4 Å². The van der Waals surface area contributed by atoms with Crippen molar-refractivity contribution in [2.24, 2.45) is 0 Å². The average Bonchev–Trinajstić information content (AvgIpc) is 2.06. The summed E-state index contributed by atoms with van der Waals surface area (Å²) in [7, 11) is 2.15. The van der Waals surface area contributed by atoms with Crippen LogP contribution in [0.5, 0.6) is 0 Å². The van der Waals surface area contributed by atoms with Crippen LogP contribution < -0.4 is 10.6 Å². The average molecular weight is 190 g/mol. The maximum Gasteiger partial charge on any atom is 0.0602 e. The molecule has 1 saturated carbocycles. The first-order valence-corrected chi connectivity index (χ1v) is 5.27. The lowest BCUT2D eigenvalue weighted by molar-refractivity contribution is 0.401. The van der Waals surface area contributed by atoms with Crippen molar-refractivity contribution < 1.29 is 0 Å². The number of rotatable bonds is 2. The minimum Gasteiger partial charge on any atom is -0.397 e. The molecule has 0 aliphatic heterocycles. The van der Waals surface area contributed by atoms with Gasteiger partial charge in [-0.15, -0.1) is 0 Å². The van der Waals surface area contributed by atoms with E-state index in [9.17, 15) is 0 Å². The molecule has 1 aromatic carbocycles. The Balaban J connectivity index is 2.24. The summed E-state index contributed by atoms with van der Waals surface area (Å²) in [6.07, 6.45) is 3.98. The van der Waals surface area contributed by atoms with Crippen molar-refractivity contribution in [1.29, 1.82) is 0 Å². The Hall–Kier alpha value is -1.18. The second-order valence-corrected chi connectivity index (χ2v) is 4.26. The number of hydrogen-bond acceptors (Lipinski definition) is 2. The van der Waals surface area contributed by atoms with Crippen molar-refractivity contribution in [2.75, 3.05) is 17.7 Å². The maximum atomic E-state index is 5.97. The number of nitrogen functional groups attached to an aromatic ring is 1. The van der Waals surface area contributed by atoms with Gasteiger partial charge in [-0.1, -0.05) is 6.07 Å². The monoisotopic (exact) mass is 190 g/mol. The third kappa shape index (κ3) is 1.57. The second-order valence-electron chi connectivity index (χ2n) is 4.26. The zero-order valence-electron chi connectivity index (χ0n) is 8.96. The summed E-state index contributed by atoms with van der Waals surface area (Å²) in [5.74, 6) is 0. The Kier molecular flexibility index (Phi) is 2.36. The predicted molar refractivity (Wildman–Crippen MR) is 61.6 cm³/mol. The molecule has 0 unspecified atom stereocenters. The van der Waals surface area contributed by atoms with Crippen molar-refractivity contribution in [3.63, 3.8) is 0 Å². The minimum absolute atomic E-state index is 0.707. The molecule has 0 atom stereocenters. The standard InChI is InChI=1S/C12H18N2/c1-9-6-7-11(13)12(8-9)14(2)10-4-3-5-10/h6-8,10H,3-5,13H2,1-2H3. The Morgan fingerprint density at radius 3 is 2.64 bits per heavy atom. The van der Waals surface area contributed by atoms with Gasteiger partial charge in [0.25, 0.3) is 0 Å². The smallest absolute Gasteiger partial charge is 0.0602 e. The third-order valence-corrected chi connectivity index (χ3v) is 3.19. The molecule has 1 aliphatic carbocycles. The summed E-state index contributed by atoms with van der Waals surface area (Å²) >= 11 is 0. The number of hydrogen-bond donors (Lipinski definition) is 1. The van der Waals surface area contributed by atoms with Crippen LogP contribution in [0.2, 0.25) is 0 Å². The number of anilines is 2. The van der Waals surface area contributed by atoms with Gasteiger partial charge in [-0.25, -0.2) is 0 Å². The van der Waals surface area contributed by atoms with Crippen LogP contribution in [-0.2, 0) is 0 Å². The van der Waals surface area contributed by atoms with Crippen molar-refractivity contribution in [1.82, 2.24) is 0 Å². The highest BCUT2D eigenvalue weighted by atomic mass is 15.1. The van der Waals surface area contributed by atoms with Gasteiger partial charge in [-0.2, -0.15) is 0 Å². The fourth-order valence-electron chi connectivity index (χ4n) is 1.93. The molecule has 14 heavy (non-hydrogen) atoms. The molecule has 0 amide bonds. The summed E-state index contributed by atoms with van der Waals surface area (Å²) < 4.78 is 0. The van der Waals surface area contributed by atoms with Gasteiger partial charge in [0.2, 0.25) is 0 Å². The van der Waals surface area contributed by atoms with Gasteiger partial charge in [0.15, 0.2) is 0 Å². The normalized spacial score (nSPS) is 16.4. The summed E-state index contributed by atoms with van der Waals surface area (Å²) in [6, 6.07) is 6.94. The lowest BCUT2D eigenvalue weighted by Crippen LogP contribution is -2.37. The Labute approximate surface area is 85.7 Å². The predicted octanol–water partition coefficient (Wildman–Crippen LogP) is 2.57. The van der Waals surface area contributed by atoms with Crippen molar-refractivity contribution in [3.8, 4) is 0 Å². The molecule has 0 bridgehead atoms. The molecular weight excluding hydrogens is 172 g/mol. The summed E-state index contributed by atoms with van der Waals surface area (Å²) in [6.45, 7) is 2.11. The molecule has 0 heterocycles. The van der Waals surface area contributed by atoms with E-state index in [-0.39, 0.29) is 0 Å². The molecule has 1 aromatic rings. The van der Waals surface area contributed by atoms with Gasteiger partial charge in [0.05, 0.1) is 11.4 Å². The van der Waals surface area contributed by atoms with Gasteiger partial charge in [-0.3, -0.25) is 0 Å². The van der Waals surface area contributed by atoms with Gasteiger partial charge in [-0.05, 0) is 43.9 Å². The Morgan fingerprint density at radius 2 is 2.07 bits per heavy atom. The number of benzene rings is 1. The van der Waals surface area contributed by atoms with E-state index in [0.29, 0.717) is 6.04 Å². The SMILES string of the molecule is Cc1ccc(N)c(N(C)C2CCC2)c1. The fraction of sp³-hybridized carbons (Fsp3) is 0.500. The van der Waals surface area contributed by atoms with E-state index >= 15 is 0 Å². The molecule has 2 N–H and O–H groups in total. The van der Waals surface area contributed by atoms with Gasteiger partial charge in [0.1, 0.15) is 0 Å². The second kappa shape index (κ2) is 3.52. The van der Waals surface area contributed by atoms with E-state index in [2.05, 4.69) is 31.0 Å². The quantitative estimate of drug-likeness (QED) is 0.726. The van der Waals surface area contributed by atoms with E-state index in [1.54, 1.807) is 0 Å². The van der Waals surface area contributed by atoms with Crippen LogP contribution in [0, 0.1) is 6.92 Å². The molecule has 2 rings (SSSR count). The fourth-order valence-corrected chi connectivity index (χ4v) is 1.93. The topological polar surface area (TPSA) is 29.3 Å². The molecule has 76 valence electrons. The lowest BCUT2D eigenvalue weighted by atomic mass is 9.91. The number of nitrogens with zero attached hydrogens (tertiary/aromatic N) is 1. The molecule has 0 radical (unpaired) electrons. The van der Waals surface area contributed by atoms with E-state index in [0.717, 1.165) is 5.69 Å². The van der Waals surface area contributed by atoms with Crippen LogP contribution in [0.1, 0.15) is 24.8 Å². The number of aryl methyl sites for hydroxylation is 1. The molecule has 2 nitrogen and oxygen atoms in total. The van der Waals surface area contributed by atoms with Gasteiger partial charge in [0, 0.05) is 13.1 Å². The van der Waals surface area contributed by atoms with Crippen LogP contribution in [0.3, 0.4) is 0 Å². The van der Waals surface area contributed by atoms with E-state index in [4.69, 9.17) is 5.73 Å². The summed E-state index contributed by atoms with van der Waals surface area (Å²) in [5, 5.41) is 0. The van der Waals surface area contributed by atoms with E-state index in [1.165, 1.54) is 30.5 Å². The first kappa shape index (κ1) is 9.38. The van der Waals surface area contributed by atoms with Gasteiger partial charge >= 0.3 is 0 Å². The van der Waals surface area contributed by atoms with Crippen LogP contribution in [0.25, 0.3) is 0 Å². The minimum atomic E-state index is 0.707. The highest BCUT2D eigenvalue weighted by Crippen LogP contribution is 2.31. The Bertz CT molecular complexity index is 329. The van der Waals surface area contributed by atoms with Crippen molar-refractivity contribution in [2.45, 2.75) is 32.2 Å². The van der Waals surface area contributed by atoms with Crippen molar-refractivity contribution >= 4 is 11.4 Å². The van der Waals surface area contributed by atoms with Crippen LogP contribution in [0.15, 0.2) is 18.2 Å². The van der Waals surface area contributed by atoms with E-state index < -0.39 is 0 Å². The van der Waals surface area contributed by atoms with Crippen LogP contribution >= 0.6 is 0 Å². The summed E-state index contributed by atoms with van der Waals surface area (Å²) in [4.78, 5) is 2.33. The summed E-state index contributed by atoms with van der Waals surface area (Å²) in [5.41, 5.74) is 9.33. The molecule has 1 fully saturated rings. The largest absolute Gasteiger partial charge is 0.397 e. The molecule has 1 aliphatic rings. The molecular formula is C12H18N2. The molecule has 2 heteroatoms. The zero-order valence-corrected chi connectivity index (χ0v) is 8.96. The lowest BCUT2D eigenvalue weighted by Gasteiger charge is -2.37. The van der Waals surface area contributed by atoms with Crippen molar-refractivity contribution in [3.05, 3.63) is 23.8 Å². The van der Waals surface area contributed by atoms with E-state index in [1.807, 2.05) is 6.07 Å². The maximum absolute atomic E-state index is 5.97. The van der Waals surface area contributed by atoms with Crippen LogP contribution in [-0.4, -0.2) is 13.1 Å². The first-order valence-electron chi connectivity index (χ1n) is 5.27. The molecule has 0 aromatic heterocycles. The Morgan fingerprint density at radius 1 is 1.36 bits per heavy atom. The highest BCUT2D eigenvalue weighted by molar-refractivity contribution is 5.68. The first-order chi connectivity index (χ1) is 6.68. The highest BCUT2D eigenvalue weighted by Gasteiger charge is 2.23. The third-order valence-electron chi connectivity index (χ3n) is 3.19. The zero-order chi connectivity index (χ0) is 10.1. The molecule has 0 saturated heterocycles.